The Morgan fingerprint density at radius 3 is 2.57 bits per heavy atom. The quantitative estimate of drug-likeness (QED) is 0.630. The van der Waals surface area contributed by atoms with Gasteiger partial charge in [0.1, 0.15) is 12.2 Å². The molecule has 4 rings (SSSR count). The van der Waals surface area contributed by atoms with Crippen molar-refractivity contribution in [2.45, 2.75) is 44.8 Å². The highest BCUT2D eigenvalue weighted by atomic mass is 16.7. The first-order chi connectivity index (χ1) is 14.4. The first-order valence-corrected chi connectivity index (χ1v) is 9.88. The number of nitrogens with two attached hydrogens (primary N) is 1. The van der Waals surface area contributed by atoms with Crippen molar-refractivity contribution in [1.29, 1.82) is 0 Å². The standard InChI is InChI=1S/C21H27N5O4/c1-20(2)29-12-21(27-3,13-30-20)9-10-26-14-23-17-16(26)18(25-19(22)24-17)28-11-15-7-5-4-6-8-15/h4-8,14H,9-13H2,1-3H3,(H2,22,24,25). The molecule has 30 heavy (non-hydrogen) atoms. The summed E-state index contributed by atoms with van der Waals surface area (Å²) in [5, 5.41) is 0. The molecule has 9 nitrogen and oxygen atoms in total. The lowest BCUT2D eigenvalue weighted by atomic mass is 10.00. The Bertz CT molecular complexity index is 995. The van der Waals surface area contributed by atoms with E-state index in [1.54, 1.807) is 13.4 Å². The summed E-state index contributed by atoms with van der Waals surface area (Å²) in [5.74, 6) is -0.0730. The predicted octanol–water partition coefficient (Wildman–Crippen LogP) is 2.55. The van der Waals surface area contributed by atoms with Crippen LogP contribution in [0.2, 0.25) is 0 Å². The number of aryl methyl sites for hydroxylation is 1. The van der Waals surface area contributed by atoms with E-state index < -0.39 is 11.4 Å². The van der Waals surface area contributed by atoms with Crippen LogP contribution in [0.15, 0.2) is 36.7 Å². The van der Waals surface area contributed by atoms with Crippen LogP contribution in [0, 0.1) is 0 Å². The third-order valence-electron chi connectivity index (χ3n) is 5.28. The van der Waals surface area contributed by atoms with E-state index in [4.69, 9.17) is 24.7 Å². The molecule has 160 valence electrons. The zero-order chi connectivity index (χ0) is 21.2. The Kier molecular flexibility index (Phi) is 5.59. The van der Waals surface area contributed by atoms with Crippen LogP contribution in [0.25, 0.3) is 11.2 Å². The molecule has 0 bridgehead atoms. The number of rotatable bonds is 7. The first kappa shape index (κ1) is 20.5. The van der Waals surface area contributed by atoms with E-state index >= 15 is 0 Å². The third kappa shape index (κ3) is 4.38. The van der Waals surface area contributed by atoms with Crippen molar-refractivity contribution in [1.82, 2.24) is 19.5 Å². The topological polar surface area (TPSA) is 107 Å². The maximum absolute atomic E-state index is 5.98. The van der Waals surface area contributed by atoms with Gasteiger partial charge in [-0.15, -0.1) is 0 Å². The molecule has 9 heteroatoms. The van der Waals surface area contributed by atoms with Crippen LogP contribution in [-0.2, 0) is 27.4 Å². The fourth-order valence-corrected chi connectivity index (χ4v) is 3.34. The molecule has 3 heterocycles. The van der Waals surface area contributed by atoms with Gasteiger partial charge in [0.15, 0.2) is 17.0 Å². The second-order valence-electron chi connectivity index (χ2n) is 7.89. The minimum Gasteiger partial charge on any atom is -0.471 e. The number of ether oxygens (including phenoxy) is 4. The maximum atomic E-state index is 5.98. The molecule has 2 aromatic heterocycles. The Hall–Kier alpha value is -2.75. The van der Waals surface area contributed by atoms with Gasteiger partial charge in [0.2, 0.25) is 11.8 Å². The molecule has 1 saturated heterocycles. The van der Waals surface area contributed by atoms with E-state index in [0.717, 1.165) is 5.56 Å². The van der Waals surface area contributed by atoms with Crippen LogP contribution in [0.4, 0.5) is 5.95 Å². The fraction of sp³-hybridized carbons (Fsp3) is 0.476. The molecule has 0 amide bonds. The van der Waals surface area contributed by atoms with Gasteiger partial charge in [-0.1, -0.05) is 30.3 Å². The van der Waals surface area contributed by atoms with Gasteiger partial charge in [-0.3, -0.25) is 0 Å². The van der Waals surface area contributed by atoms with Gasteiger partial charge in [0.05, 0.1) is 19.5 Å². The van der Waals surface area contributed by atoms with E-state index in [9.17, 15) is 0 Å². The number of anilines is 1. The van der Waals surface area contributed by atoms with E-state index in [0.29, 0.717) is 49.8 Å². The summed E-state index contributed by atoms with van der Waals surface area (Å²) in [6.45, 7) is 5.67. The van der Waals surface area contributed by atoms with Crippen molar-refractivity contribution in [3.05, 3.63) is 42.2 Å². The Balaban J connectivity index is 1.54. The lowest BCUT2D eigenvalue weighted by molar-refractivity contribution is -0.307. The second-order valence-corrected chi connectivity index (χ2v) is 7.89. The average molecular weight is 413 g/mol. The normalized spacial score (nSPS) is 17.8. The number of imidazole rings is 1. The summed E-state index contributed by atoms with van der Waals surface area (Å²) in [6, 6.07) is 9.88. The zero-order valence-corrected chi connectivity index (χ0v) is 17.5. The van der Waals surface area contributed by atoms with Crippen molar-refractivity contribution in [2.75, 3.05) is 26.1 Å². The van der Waals surface area contributed by atoms with Gasteiger partial charge >= 0.3 is 0 Å². The Morgan fingerprint density at radius 2 is 1.87 bits per heavy atom. The van der Waals surface area contributed by atoms with Crippen molar-refractivity contribution < 1.29 is 18.9 Å². The second kappa shape index (κ2) is 8.17. The van der Waals surface area contributed by atoms with Gasteiger partial charge in [-0.2, -0.15) is 9.97 Å². The van der Waals surface area contributed by atoms with Gasteiger partial charge in [0, 0.05) is 13.7 Å². The molecule has 1 aromatic carbocycles. The summed E-state index contributed by atoms with van der Waals surface area (Å²) < 4.78 is 25.3. The van der Waals surface area contributed by atoms with Gasteiger partial charge in [0.25, 0.3) is 0 Å². The minimum atomic E-state index is -0.604. The van der Waals surface area contributed by atoms with Crippen molar-refractivity contribution in [2.24, 2.45) is 0 Å². The maximum Gasteiger partial charge on any atom is 0.245 e. The average Bonchev–Trinajstić information content (AvgIpc) is 3.15. The van der Waals surface area contributed by atoms with Crippen molar-refractivity contribution in [3.8, 4) is 5.88 Å². The summed E-state index contributed by atoms with van der Waals surface area (Å²) >= 11 is 0. The monoisotopic (exact) mass is 413 g/mol. The molecule has 0 aliphatic carbocycles. The third-order valence-corrected chi connectivity index (χ3v) is 5.28. The number of methoxy groups -OCH3 is 1. The van der Waals surface area contributed by atoms with E-state index in [1.807, 2.05) is 48.7 Å². The lowest BCUT2D eigenvalue weighted by Crippen LogP contribution is -2.52. The number of fused-ring (bicyclic) bond motifs is 1. The molecule has 2 N–H and O–H groups in total. The highest BCUT2D eigenvalue weighted by molar-refractivity contribution is 5.77. The highest BCUT2D eigenvalue weighted by Crippen LogP contribution is 2.30. The molecule has 1 aliphatic rings. The summed E-state index contributed by atoms with van der Waals surface area (Å²) in [7, 11) is 1.68. The van der Waals surface area contributed by atoms with E-state index in [1.165, 1.54) is 0 Å². The summed E-state index contributed by atoms with van der Waals surface area (Å²) in [6.07, 6.45) is 2.37. The molecule has 0 spiro atoms. The summed E-state index contributed by atoms with van der Waals surface area (Å²) in [4.78, 5) is 12.9. The molecule has 0 unspecified atom stereocenters. The predicted molar refractivity (Wildman–Crippen MR) is 111 cm³/mol. The van der Waals surface area contributed by atoms with E-state index in [-0.39, 0.29) is 5.95 Å². The lowest BCUT2D eigenvalue weighted by Gasteiger charge is -2.42. The summed E-state index contributed by atoms with van der Waals surface area (Å²) in [5.41, 5.74) is 7.55. The van der Waals surface area contributed by atoms with Gasteiger partial charge < -0.3 is 29.2 Å². The first-order valence-electron chi connectivity index (χ1n) is 9.88. The number of benzene rings is 1. The molecule has 0 atom stereocenters. The largest absolute Gasteiger partial charge is 0.471 e. The number of hydrogen-bond acceptors (Lipinski definition) is 8. The number of hydrogen-bond donors (Lipinski definition) is 1. The van der Waals surface area contributed by atoms with Crippen molar-refractivity contribution >= 4 is 17.1 Å². The van der Waals surface area contributed by atoms with Crippen LogP contribution >= 0.6 is 0 Å². The number of nitrogens with zero attached hydrogens (tertiary/aromatic N) is 4. The van der Waals surface area contributed by atoms with Gasteiger partial charge in [-0.25, -0.2) is 4.98 Å². The van der Waals surface area contributed by atoms with Crippen LogP contribution < -0.4 is 10.5 Å². The van der Waals surface area contributed by atoms with Gasteiger partial charge in [-0.05, 0) is 25.8 Å². The number of aromatic nitrogens is 4. The molecule has 0 radical (unpaired) electrons. The Labute approximate surface area is 175 Å². The fourth-order valence-electron chi connectivity index (χ4n) is 3.34. The van der Waals surface area contributed by atoms with Crippen LogP contribution in [0.3, 0.4) is 0 Å². The molecule has 1 aliphatic heterocycles. The SMILES string of the molecule is COC1(CCn2cnc3nc(N)nc(OCc4ccccc4)c32)COC(C)(C)OC1. The van der Waals surface area contributed by atoms with Crippen LogP contribution in [0.5, 0.6) is 5.88 Å². The molecular weight excluding hydrogens is 386 g/mol. The number of nitrogen functional groups attached to an aromatic ring is 1. The van der Waals surface area contributed by atoms with Crippen LogP contribution in [0.1, 0.15) is 25.8 Å². The molecule has 0 saturated carbocycles. The zero-order valence-electron chi connectivity index (χ0n) is 17.5. The van der Waals surface area contributed by atoms with Crippen molar-refractivity contribution in [3.63, 3.8) is 0 Å². The van der Waals surface area contributed by atoms with E-state index in [2.05, 4.69) is 15.0 Å². The molecule has 3 aromatic rings. The highest BCUT2D eigenvalue weighted by Gasteiger charge is 2.40. The molecule has 1 fully saturated rings. The smallest absolute Gasteiger partial charge is 0.245 e. The minimum absolute atomic E-state index is 0.125. The van der Waals surface area contributed by atoms with Crippen LogP contribution in [-0.4, -0.2) is 51.2 Å². The Morgan fingerprint density at radius 1 is 1.13 bits per heavy atom. The molecular formula is C21H27N5O4.